The molecule has 9 heteroatoms. The Morgan fingerprint density at radius 1 is 0.867 bits per heavy atom. The number of sulfone groups is 1. The van der Waals surface area contributed by atoms with E-state index < -0.39 is 9.84 Å². The van der Waals surface area contributed by atoms with Gasteiger partial charge < -0.3 is 16.0 Å². The molecule has 0 aliphatic rings. The lowest BCUT2D eigenvalue weighted by molar-refractivity contribution is -0.115. The Kier molecular flexibility index (Phi) is 6.63. The van der Waals surface area contributed by atoms with Gasteiger partial charge in [0.15, 0.2) is 9.84 Å². The fourth-order valence-corrected chi connectivity index (χ4v) is 3.57. The molecule has 0 atom stereocenters. The Bertz CT molecular complexity index is 1150. The van der Waals surface area contributed by atoms with Crippen LogP contribution in [0.3, 0.4) is 0 Å². The van der Waals surface area contributed by atoms with Crippen molar-refractivity contribution in [1.82, 2.24) is 9.97 Å². The summed E-state index contributed by atoms with van der Waals surface area (Å²) >= 11 is 0. The SMILES string of the molecule is CCC(=O)Nc1cccc(Nc2cc(Nc3cccc(S(=O)(=O)CC)c3)ncn2)c1. The van der Waals surface area contributed by atoms with Crippen LogP contribution in [0.25, 0.3) is 0 Å². The topological polar surface area (TPSA) is 113 Å². The third-order valence-corrected chi connectivity index (χ3v) is 5.98. The fraction of sp³-hybridized carbons (Fsp3) is 0.190. The van der Waals surface area contributed by atoms with E-state index >= 15 is 0 Å². The molecule has 0 unspecified atom stereocenters. The second kappa shape index (κ2) is 9.36. The number of anilines is 5. The molecule has 3 rings (SSSR count). The van der Waals surface area contributed by atoms with E-state index in [9.17, 15) is 13.2 Å². The normalized spacial score (nSPS) is 11.0. The van der Waals surface area contributed by atoms with Gasteiger partial charge in [-0.2, -0.15) is 0 Å². The van der Waals surface area contributed by atoms with Crippen LogP contribution in [0.4, 0.5) is 28.7 Å². The molecule has 0 fully saturated rings. The van der Waals surface area contributed by atoms with Crippen molar-refractivity contribution < 1.29 is 13.2 Å². The van der Waals surface area contributed by atoms with E-state index in [0.717, 1.165) is 5.69 Å². The van der Waals surface area contributed by atoms with Gasteiger partial charge in [0.25, 0.3) is 0 Å². The van der Waals surface area contributed by atoms with Gasteiger partial charge in [0.05, 0.1) is 10.6 Å². The van der Waals surface area contributed by atoms with Gasteiger partial charge >= 0.3 is 0 Å². The van der Waals surface area contributed by atoms with Crippen molar-refractivity contribution in [3.05, 3.63) is 60.9 Å². The van der Waals surface area contributed by atoms with E-state index in [1.165, 1.54) is 6.33 Å². The van der Waals surface area contributed by atoms with Crippen molar-refractivity contribution in [1.29, 1.82) is 0 Å². The molecule has 3 N–H and O–H groups in total. The zero-order chi connectivity index (χ0) is 21.6. The molecule has 2 aromatic carbocycles. The lowest BCUT2D eigenvalue weighted by Crippen LogP contribution is -2.09. The number of aromatic nitrogens is 2. The standard InChI is InChI=1S/C21H23N5O3S/c1-3-21(27)26-16-8-5-7-15(11-16)24-19-13-20(23-14-22-19)25-17-9-6-10-18(12-17)30(28,29)4-2/h5-14H,3-4H2,1-2H3,(H,26,27)(H2,22,23,24,25). The van der Waals surface area contributed by atoms with Gasteiger partial charge in [-0.3, -0.25) is 4.79 Å². The van der Waals surface area contributed by atoms with Crippen LogP contribution in [0, 0.1) is 0 Å². The lowest BCUT2D eigenvalue weighted by atomic mass is 10.2. The van der Waals surface area contributed by atoms with Crippen LogP contribution in [-0.2, 0) is 14.6 Å². The van der Waals surface area contributed by atoms with Crippen LogP contribution in [0.15, 0.2) is 65.8 Å². The Labute approximate surface area is 175 Å². The van der Waals surface area contributed by atoms with Gasteiger partial charge in [0.2, 0.25) is 5.91 Å². The molecule has 0 saturated carbocycles. The maximum atomic E-state index is 12.1. The molecule has 1 aromatic heterocycles. The van der Waals surface area contributed by atoms with Crippen LogP contribution in [0.1, 0.15) is 20.3 Å². The largest absolute Gasteiger partial charge is 0.340 e. The first-order valence-corrected chi connectivity index (χ1v) is 11.1. The highest BCUT2D eigenvalue weighted by Gasteiger charge is 2.12. The first-order chi connectivity index (χ1) is 14.4. The van der Waals surface area contributed by atoms with E-state index in [4.69, 9.17) is 0 Å². The van der Waals surface area contributed by atoms with Crippen molar-refractivity contribution >= 4 is 44.4 Å². The van der Waals surface area contributed by atoms with E-state index in [0.29, 0.717) is 29.4 Å². The van der Waals surface area contributed by atoms with Crippen LogP contribution in [0.5, 0.6) is 0 Å². The summed E-state index contributed by atoms with van der Waals surface area (Å²) in [5, 5.41) is 9.08. The summed E-state index contributed by atoms with van der Waals surface area (Å²) < 4.78 is 24.2. The Morgan fingerprint density at radius 2 is 1.47 bits per heavy atom. The second-order valence-electron chi connectivity index (χ2n) is 6.45. The molecular formula is C21H23N5O3S. The number of hydrogen-bond acceptors (Lipinski definition) is 7. The summed E-state index contributed by atoms with van der Waals surface area (Å²) in [5.74, 6) is 1.03. The summed E-state index contributed by atoms with van der Waals surface area (Å²) in [7, 11) is -3.29. The fourth-order valence-electron chi connectivity index (χ4n) is 2.65. The summed E-state index contributed by atoms with van der Waals surface area (Å²) in [4.78, 5) is 20.2. The number of rotatable bonds is 8. The number of hydrogen-bond donors (Lipinski definition) is 3. The number of nitrogens with zero attached hydrogens (tertiary/aromatic N) is 2. The average molecular weight is 426 g/mol. The molecule has 8 nitrogen and oxygen atoms in total. The number of benzene rings is 2. The Balaban J connectivity index is 1.75. The molecule has 30 heavy (non-hydrogen) atoms. The van der Waals surface area contributed by atoms with Crippen molar-refractivity contribution in [2.45, 2.75) is 25.2 Å². The van der Waals surface area contributed by atoms with Crippen molar-refractivity contribution in [3.8, 4) is 0 Å². The molecule has 0 saturated heterocycles. The predicted octanol–water partition coefficient (Wildman–Crippen LogP) is 4.11. The summed E-state index contributed by atoms with van der Waals surface area (Å²) in [6.45, 7) is 3.40. The molecule has 3 aromatic rings. The lowest BCUT2D eigenvalue weighted by Gasteiger charge is -2.11. The summed E-state index contributed by atoms with van der Waals surface area (Å²) in [6.07, 6.45) is 1.80. The zero-order valence-electron chi connectivity index (χ0n) is 16.7. The van der Waals surface area contributed by atoms with Gasteiger partial charge in [-0.15, -0.1) is 0 Å². The summed E-state index contributed by atoms with van der Waals surface area (Å²) in [5.41, 5.74) is 2.05. The molecule has 156 valence electrons. The molecule has 0 bridgehead atoms. The van der Waals surface area contributed by atoms with E-state index in [2.05, 4.69) is 25.9 Å². The van der Waals surface area contributed by atoms with E-state index in [1.807, 2.05) is 24.3 Å². The number of amides is 1. The van der Waals surface area contributed by atoms with Crippen LogP contribution in [0.2, 0.25) is 0 Å². The van der Waals surface area contributed by atoms with Crippen LogP contribution < -0.4 is 16.0 Å². The third-order valence-electron chi connectivity index (χ3n) is 4.25. The predicted molar refractivity (Wildman–Crippen MR) is 118 cm³/mol. The highest BCUT2D eigenvalue weighted by atomic mass is 32.2. The second-order valence-corrected chi connectivity index (χ2v) is 8.73. The maximum absolute atomic E-state index is 12.1. The van der Waals surface area contributed by atoms with Gasteiger partial charge in [0.1, 0.15) is 18.0 Å². The smallest absolute Gasteiger partial charge is 0.224 e. The van der Waals surface area contributed by atoms with Crippen molar-refractivity contribution in [2.75, 3.05) is 21.7 Å². The number of carbonyl (C=O) groups excluding carboxylic acids is 1. The average Bonchev–Trinajstić information content (AvgIpc) is 2.74. The number of carbonyl (C=O) groups is 1. The molecule has 0 aliphatic carbocycles. The number of nitrogens with one attached hydrogen (secondary N) is 3. The monoisotopic (exact) mass is 425 g/mol. The highest BCUT2D eigenvalue weighted by Crippen LogP contribution is 2.23. The third kappa shape index (κ3) is 5.54. The maximum Gasteiger partial charge on any atom is 0.224 e. The highest BCUT2D eigenvalue weighted by molar-refractivity contribution is 7.91. The summed E-state index contributed by atoms with van der Waals surface area (Å²) in [6, 6.07) is 15.6. The first kappa shape index (κ1) is 21.3. The van der Waals surface area contributed by atoms with Gasteiger partial charge in [-0.1, -0.05) is 26.0 Å². The Hall–Kier alpha value is -3.46. The van der Waals surface area contributed by atoms with Crippen molar-refractivity contribution in [3.63, 3.8) is 0 Å². The van der Waals surface area contributed by atoms with Gasteiger partial charge in [-0.25, -0.2) is 18.4 Å². The van der Waals surface area contributed by atoms with Gasteiger partial charge in [-0.05, 0) is 36.4 Å². The molecule has 1 amide bonds. The Morgan fingerprint density at radius 3 is 2.10 bits per heavy atom. The zero-order valence-corrected chi connectivity index (χ0v) is 17.5. The molecule has 0 aliphatic heterocycles. The van der Waals surface area contributed by atoms with Gasteiger partial charge in [0, 0.05) is 29.5 Å². The van der Waals surface area contributed by atoms with Crippen molar-refractivity contribution in [2.24, 2.45) is 0 Å². The first-order valence-electron chi connectivity index (χ1n) is 9.48. The minimum Gasteiger partial charge on any atom is -0.340 e. The van der Waals surface area contributed by atoms with E-state index in [-0.39, 0.29) is 16.6 Å². The molecule has 0 radical (unpaired) electrons. The quantitative estimate of drug-likeness (QED) is 0.498. The van der Waals surface area contributed by atoms with Crippen LogP contribution >= 0.6 is 0 Å². The van der Waals surface area contributed by atoms with E-state index in [1.54, 1.807) is 44.2 Å². The van der Waals surface area contributed by atoms with Crippen LogP contribution in [-0.4, -0.2) is 30.0 Å². The molecular weight excluding hydrogens is 402 g/mol. The molecule has 1 heterocycles. The minimum absolute atomic E-state index is 0.0375. The molecule has 0 spiro atoms. The minimum atomic E-state index is -3.29.